The first-order valence-corrected chi connectivity index (χ1v) is 7.68. The Labute approximate surface area is 103 Å². The number of rotatable bonds is 6. The van der Waals surface area contributed by atoms with Gasteiger partial charge >= 0.3 is 0 Å². The summed E-state index contributed by atoms with van der Waals surface area (Å²) in [5.41, 5.74) is 2.32. The second kappa shape index (κ2) is 5.96. The molecule has 3 nitrogen and oxygen atoms in total. The summed E-state index contributed by atoms with van der Waals surface area (Å²) >= 11 is 0. The molecule has 0 unspecified atom stereocenters. The maximum absolute atomic E-state index is 11.5. The van der Waals surface area contributed by atoms with Crippen molar-refractivity contribution in [3.05, 3.63) is 35.4 Å². The number of benzene rings is 1. The molecule has 1 aromatic rings. The Balaban J connectivity index is 2.42. The molecular weight excluding hydrogens is 236 g/mol. The largest absolute Gasteiger partial charge is 0.300 e. The quantitative estimate of drug-likeness (QED) is 0.779. The molecule has 1 rings (SSSR count). The molecule has 0 radical (unpaired) electrons. The number of carbonyl (C=O) groups excluding carboxylic acids is 1. The molecule has 0 bridgehead atoms. The van der Waals surface area contributed by atoms with Crippen molar-refractivity contribution in [3.63, 3.8) is 0 Å². The van der Waals surface area contributed by atoms with E-state index in [1.807, 2.05) is 31.2 Å². The smallest absolute Gasteiger partial charge is 0.147 e. The van der Waals surface area contributed by atoms with Crippen molar-refractivity contribution in [2.45, 2.75) is 26.2 Å². The number of carbonyl (C=O) groups is 1. The molecule has 1 aromatic carbocycles. The predicted molar refractivity (Wildman–Crippen MR) is 68.8 cm³/mol. The van der Waals surface area contributed by atoms with Crippen molar-refractivity contribution in [2.24, 2.45) is 0 Å². The number of sulfone groups is 1. The van der Waals surface area contributed by atoms with Crippen LogP contribution >= 0.6 is 0 Å². The highest BCUT2D eigenvalue weighted by Crippen LogP contribution is 2.10. The van der Waals surface area contributed by atoms with E-state index in [1.165, 1.54) is 5.56 Å². The fourth-order valence-electron chi connectivity index (χ4n) is 1.59. The van der Waals surface area contributed by atoms with Crippen LogP contribution in [-0.4, -0.2) is 26.2 Å². The summed E-state index contributed by atoms with van der Waals surface area (Å²) in [6.45, 7) is 2.01. The summed E-state index contributed by atoms with van der Waals surface area (Å²) in [7, 11) is -3.03. The molecule has 17 heavy (non-hydrogen) atoms. The molecule has 0 spiro atoms. The van der Waals surface area contributed by atoms with Crippen molar-refractivity contribution in [3.8, 4) is 0 Å². The average Bonchev–Trinajstić information content (AvgIpc) is 2.24. The minimum Gasteiger partial charge on any atom is -0.300 e. The van der Waals surface area contributed by atoms with Crippen LogP contribution in [0, 0.1) is 6.92 Å². The van der Waals surface area contributed by atoms with Gasteiger partial charge in [0.15, 0.2) is 0 Å². The van der Waals surface area contributed by atoms with Gasteiger partial charge in [0.1, 0.15) is 15.6 Å². The van der Waals surface area contributed by atoms with E-state index in [0.717, 1.165) is 11.8 Å². The summed E-state index contributed by atoms with van der Waals surface area (Å²) in [5.74, 6) is -0.0294. The van der Waals surface area contributed by atoms with Gasteiger partial charge in [-0.1, -0.05) is 24.3 Å². The summed E-state index contributed by atoms with van der Waals surface area (Å²) < 4.78 is 21.8. The van der Waals surface area contributed by atoms with Gasteiger partial charge in [0.05, 0.1) is 5.75 Å². The lowest BCUT2D eigenvalue weighted by Gasteiger charge is -2.04. The standard InChI is InChI=1S/C13H18O3S/c1-11-5-3-4-6-12(11)7-8-13(14)9-10-17(2,15)16/h3-6H,7-10H2,1-2H3. The van der Waals surface area contributed by atoms with Gasteiger partial charge in [-0.15, -0.1) is 0 Å². The number of hydrogen-bond acceptors (Lipinski definition) is 3. The molecule has 0 atom stereocenters. The molecule has 0 fully saturated rings. The SMILES string of the molecule is Cc1ccccc1CCC(=O)CCS(C)(=O)=O. The highest BCUT2D eigenvalue weighted by Gasteiger charge is 2.08. The maximum Gasteiger partial charge on any atom is 0.147 e. The second-order valence-electron chi connectivity index (χ2n) is 4.35. The molecule has 0 heterocycles. The highest BCUT2D eigenvalue weighted by molar-refractivity contribution is 7.90. The Kier molecular flexibility index (Phi) is 4.87. The Hall–Kier alpha value is -1.16. The Morgan fingerprint density at radius 1 is 1.18 bits per heavy atom. The van der Waals surface area contributed by atoms with Crippen molar-refractivity contribution in [1.29, 1.82) is 0 Å². The zero-order valence-electron chi connectivity index (χ0n) is 10.3. The normalized spacial score (nSPS) is 11.4. The zero-order valence-corrected chi connectivity index (χ0v) is 11.1. The molecule has 0 saturated carbocycles. The summed E-state index contributed by atoms with van der Waals surface area (Å²) in [4.78, 5) is 11.5. The molecule has 0 aromatic heterocycles. The monoisotopic (exact) mass is 254 g/mol. The number of aryl methyl sites for hydroxylation is 2. The second-order valence-corrected chi connectivity index (χ2v) is 6.60. The van der Waals surface area contributed by atoms with Crippen LogP contribution in [0.1, 0.15) is 24.0 Å². The van der Waals surface area contributed by atoms with Gasteiger partial charge in [-0.05, 0) is 24.5 Å². The first-order chi connectivity index (χ1) is 7.88. The van der Waals surface area contributed by atoms with E-state index >= 15 is 0 Å². The number of ketones is 1. The van der Waals surface area contributed by atoms with Gasteiger partial charge in [-0.2, -0.15) is 0 Å². The van der Waals surface area contributed by atoms with Crippen LogP contribution in [0.5, 0.6) is 0 Å². The van der Waals surface area contributed by atoms with Crippen LogP contribution in [0.15, 0.2) is 24.3 Å². The summed E-state index contributed by atoms with van der Waals surface area (Å²) in [6, 6.07) is 7.92. The summed E-state index contributed by atoms with van der Waals surface area (Å²) in [6.07, 6.45) is 2.39. The fourth-order valence-corrected chi connectivity index (χ4v) is 2.19. The zero-order chi connectivity index (χ0) is 12.9. The Bertz CT molecular complexity index is 489. The summed E-state index contributed by atoms with van der Waals surface area (Å²) in [5, 5.41) is 0. The van der Waals surface area contributed by atoms with Crippen LogP contribution in [0.2, 0.25) is 0 Å². The van der Waals surface area contributed by atoms with E-state index in [0.29, 0.717) is 12.8 Å². The van der Waals surface area contributed by atoms with Crippen molar-refractivity contribution >= 4 is 15.6 Å². The van der Waals surface area contributed by atoms with E-state index in [4.69, 9.17) is 0 Å². The van der Waals surface area contributed by atoms with Crippen molar-refractivity contribution in [2.75, 3.05) is 12.0 Å². The molecule has 0 N–H and O–H groups in total. The van der Waals surface area contributed by atoms with E-state index in [2.05, 4.69) is 0 Å². The van der Waals surface area contributed by atoms with Gasteiger partial charge in [0, 0.05) is 19.1 Å². The van der Waals surface area contributed by atoms with Crippen LogP contribution in [0.4, 0.5) is 0 Å². The van der Waals surface area contributed by atoms with E-state index in [1.54, 1.807) is 0 Å². The predicted octanol–water partition coefficient (Wildman–Crippen LogP) is 1.93. The molecule has 4 heteroatoms. The third-order valence-corrected chi connectivity index (χ3v) is 3.63. The average molecular weight is 254 g/mol. The first kappa shape index (κ1) is 13.9. The van der Waals surface area contributed by atoms with Crippen LogP contribution in [-0.2, 0) is 21.1 Å². The Morgan fingerprint density at radius 3 is 2.41 bits per heavy atom. The molecular formula is C13H18O3S. The van der Waals surface area contributed by atoms with Gasteiger partial charge in [-0.3, -0.25) is 4.79 Å². The van der Waals surface area contributed by atoms with E-state index < -0.39 is 9.84 Å². The molecule has 0 aliphatic heterocycles. The lowest BCUT2D eigenvalue weighted by atomic mass is 10.0. The molecule has 0 aliphatic rings. The van der Waals surface area contributed by atoms with Crippen LogP contribution < -0.4 is 0 Å². The van der Waals surface area contributed by atoms with Gasteiger partial charge in [0.25, 0.3) is 0 Å². The minimum absolute atomic E-state index is 0.0127. The van der Waals surface area contributed by atoms with E-state index in [9.17, 15) is 13.2 Å². The molecule has 94 valence electrons. The van der Waals surface area contributed by atoms with Crippen LogP contribution in [0.3, 0.4) is 0 Å². The topological polar surface area (TPSA) is 51.2 Å². The number of hydrogen-bond donors (Lipinski definition) is 0. The fraction of sp³-hybridized carbons (Fsp3) is 0.462. The lowest BCUT2D eigenvalue weighted by Crippen LogP contribution is -2.10. The van der Waals surface area contributed by atoms with E-state index in [-0.39, 0.29) is 18.0 Å². The van der Waals surface area contributed by atoms with Crippen molar-refractivity contribution < 1.29 is 13.2 Å². The van der Waals surface area contributed by atoms with Gasteiger partial charge in [-0.25, -0.2) is 8.42 Å². The number of Topliss-reactive ketones (excluding diaryl/α,β-unsaturated/α-hetero) is 1. The van der Waals surface area contributed by atoms with Crippen LogP contribution in [0.25, 0.3) is 0 Å². The van der Waals surface area contributed by atoms with Crippen molar-refractivity contribution in [1.82, 2.24) is 0 Å². The molecule has 0 amide bonds. The van der Waals surface area contributed by atoms with Gasteiger partial charge < -0.3 is 0 Å². The highest BCUT2D eigenvalue weighted by atomic mass is 32.2. The first-order valence-electron chi connectivity index (χ1n) is 5.62. The minimum atomic E-state index is -3.03. The lowest BCUT2D eigenvalue weighted by molar-refractivity contribution is -0.118. The third kappa shape index (κ3) is 5.63. The maximum atomic E-state index is 11.5. The molecule has 0 saturated heterocycles. The Morgan fingerprint density at radius 2 is 1.82 bits per heavy atom. The van der Waals surface area contributed by atoms with Gasteiger partial charge in [0.2, 0.25) is 0 Å². The third-order valence-electron chi connectivity index (χ3n) is 2.69. The molecule has 0 aliphatic carbocycles.